The lowest BCUT2D eigenvalue weighted by atomic mass is 9.49. The molecule has 4 aliphatic carbocycles. The number of rotatable bonds is 5. The molecule has 1 aromatic heterocycles. The number of hydrogen-bond donors (Lipinski definition) is 4. The third kappa shape index (κ3) is 3.94. The fourth-order valence-corrected chi connectivity index (χ4v) is 6.17. The first kappa shape index (κ1) is 19.8. The molecule has 0 aliphatic heterocycles. The summed E-state index contributed by atoms with van der Waals surface area (Å²) in [5.74, 6) is 1.03. The van der Waals surface area contributed by atoms with E-state index in [2.05, 4.69) is 26.4 Å². The van der Waals surface area contributed by atoms with E-state index < -0.39 is 11.8 Å². The second-order valence-corrected chi connectivity index (χ2v) is 9.42. The number of aromatic amines is 1. The fraction of sp³-hybridized carbons (Fsp3) is 0.478. The van der Waals surface area contributed by atoms with Gasteiger partial charge in [-0.25, -0.2) is 0 Å². The van der Waals surface area contributed by atoms with Crippen LogP contribution in [0.4, 0.5) is 0 Å². The lowest BCUT2D eigenvalue weighted by Crippen LogP contribution is -2.55. The number of hydrazine groups is 1. The van der Waals surface area contributed by atoms with Crippen LogP contribution < -0.4 is 16.2 Å². The smallest absolute Gasteiger partial charge is 0.287 e. The molecule has 31 heavy (non-hydrogen) atoms. The maximum absolute atomic E-state index is 12.9. The van der Waals surface area contributed by atoms with E-state index in [1.807, 2.05) is 30.3 Å². The average molecular weight is 422 g/mol. The van der Waals surface area contributed by atoms with E-state index in [-0.39, 0.29) is 23.6 Å². The molecule has 3 amide bonds. The molecular formula is C23H27N5O3. The van der Waals surface area contributed by atoms with Crippen molar-refractivity contribution in [3.8, 4) is 11.3 Å². The molecule has 4 bridgehead atoms. The number of carbonyl (C=O) groups is 3. The van der Waals surface area contributed by atoms with Crippen LogP contribution in [0.25, 0.3) is 11.3 Å². The molecule has 4 N–H and O–H groups in total. The zero-order chi connectivity index (χ0) is 21.4. The normalized spacial score (nSPS) is 28.2. The highest BCUT2D eigenvalue weighted by Gasteiger charge is 2.54. The summed E-state index contributed by atoms with van der Waals surface area (Å²) in [6.45, 7) is -0.154. The van der Waals surface area contributed by atoms with Gasteiger partial charge < -0.3 is 5.32 Å². The zero-order valence-corrected chi connectivity index (χ0v) is 17.3. The molecule has 4 aliphatic rings. The summed E-state index contributed by atoms with van der Waals surface area (Å²) >= 11 is 0. The number of aromatic nitrogens is 2. The quantitative estimate of drug-likeness (QED) is 0.554. The topological polar surface area (TPSA) is 116 Å². The first-order valence-electron chi connectivity index (χ1n) is 11.0. The standard InChI is InChI=1S/C23H27N5O3/c29-20(13-24-22(31)23-10-14-6-15(11-23)8-16(7-14)12-23)27-28-21(30)19-9-18(25-26-19)17-4-2-1-3-5-17/h1-5,9,14-16H,6-8,10-13H2,(H,24,31)(H,25,26)(H,27,29)(H,28,30). The Hall–Kier alpha value is -3.16. The van der Waals surface area contributed by atoms with E-state index in [0.29, 0.717) is 23.4 Å². The van der Waals surface area contributed by atoms with Crippen molar-refractivity contribution in [2.75, 3.05) is 6.54 Å². The Bertz CT molecular complexity index is 964. The van der Waals surface area contributed by atoms with E-state index in [4.69, 9.17) is 0 Å². The zero-order valence-electron chi connectivity index (χ0n) is 17.3. The third-order valence-corrected chi connectivity index (χ3v) is 7.14. The molecule has 1 heterocycles. The number of H-pyrrole nitrogens is 1. The van der Waals surface area contributed by atoms with Crippen molar-refractivity contribution in [3.63, 3.8) is 0 Å². The van der Waals surface area contributed by atoms with Crippen molar-refractivity contribution >= 4 is 17.7 Å². The van der Waals surface area contributed by atoms with Gasteiger partial charge >= 0.3 is 0 Å². The number of benzene rings is 1. The minimum atomic E-state index is -0.504. The SMILES string of the molecule is O=C(CNC(=O)C12CC3CC(CC(C3)C1)C2)NNC(=O)c1cc(-c2ccccc2)n[nH]1. The van der Waals surface area contributed by atoms with Crippen molar-refractivity contribution in [1.82, 2.24) is 26.4 Å². The van der Waals surface area contributed by atoms with Crippen LogP contribution in [0.2, 0.25) is 0 Å². The van der Waals surface area contributed by atoms with Gasteiger partial charge in [0.15, 0.2) is 0 Å². The van der Waals surface area contributed by atoms with Crippen LogP contribution in [0, 0.1) is 23.2 Å². The number of nitrogens with one attached hydrogen (secondary N) is 4. The molecule has 0 radical (unpaired) electrons. The Morgan fingerprint density at radius 2 is 1.61 bits per heavy atom. The molecule has 4 saturated carbocycles. The predicted molar refractivity (Wildman–Crippen MR) is 113 cm³/mol. The number of carbonyl (C=O) groups excluding carboxylic acids is 3. The first-order chi connectivity index (χ1) is 15.0. The van der Waals surface area contributed by atoms with E-state index in [1.165, 1.54) is 19.3 Å². The Morgan fingerprint density at radius 1 is 0.968 bits per heavy atom. The summed E-state index contributed by atoms with van der Waals surface area (Å²) in [5, 5.41) is 9.60. The van der Waals surface area contributed by atoms with E-state index in [0.717, 1.165) is 24.8 Å². The molecule has 162 valence electrons. The van der Waals surface area contributed by atoms with Gasteiger partial charge in [0.05, 0.1) is 12.2 Å². The summed E-state index contributed by atoms with van der Waals surface area (Å²) in [4.78, 5) is 37.4. The van der Waals surface area contributed by atoms with E-state index >= 15 is 0 Å². The van der Waals surface area contributed by atoms with Crippen LogP contribution >= 0.6 is 0 Å². The highest BCUT2D eigenvalue weighted by Crippen LogP contribution is 2.60. The van der Waals surface area contributed by atoms with Crippen LogP contribution in [0.1, 0.15) is 49.0 Å². The maximum atomic E-state index is 12.9. The Balaban J connectivity index is 1.10. The number of amides is 3. The molecule has 8 heteroatoms. The summed E-state index contributed by atoms with van der Waals surface area (Å²) in [5.41, 5.74) is 6.19. The number of nitrogens with zero attached hydrogens (tertiary/aromatic N) is 1. The third-order valence-electron chi connectivity index (χ3n) is 7.14. The van der Waals surface area contributed by atoms with E-state index in [1.54, 1.807) is 6.07 Å². The minimum absolute atomic E-state index is 0.00542. The highest BCUT2D eigenvalue weighted by atomic mass is 16.2. The van der Waals surface area contributed by atoms with Gasteiger partial charge in [0, 0.05) is 11.0 Å². The van der Waals surface area contributed by atoms with Gasteiger partial charge in [-0.1, -0.05) is 30.3 Å². The molecule has 6 rings (SSSR count). The van der Waals surface area contributed by atoms with Gasteiger partial charge in [0.25, 0.3) is 11.8 Å². The van der Waals surface area contributed by atoms with E-state index in [9.17, 15) is 14.4 Å². The second kappa shape index (κ2) is 7.83. The van der Waals surface area contributed by atoms with Gasteiger partial charge in [-0.2, -0.15) is 5.10 Å². The molecular weight excluding hydrogens is 394 g/mol. The van der Waals surface area contributed by atoms with Gasteiger partial charge in [-0.15, -0.1) is 0 Å². The predicted octanol–water partition coefficient (Wildman–Crippen LogP) is 2.17. The van der Waals surface area contributed by atoms with Gasteiger partial charge in [0.2, 0.25) is 5.91 Å². The highest BCUT2D eigenvalue weighted by molar-refractivity contribution is 5.95. The Labute approximate surface area is 180 Å². The molecule has 0 unspecified atom stereocenters. The molecule has 1 aromatic carbocycles. The molecule has 0 saturated heterocycles. The summed E-state index contributed by atoms with van der Waals surface area (Å²) in [6.07, 6.45) is 6.64. The second-order valence-electron chi connectivity index (χ2n) is 9.42. The number of hydrogen-bond acceptors (Lipinski definition) is 4. The molecule has 0 spiro atoms. The molecule has 8 nitrogen and oxygen atoms in total. The van der Waals surface area contributed by atoms with Crippen LogP contribution in [0.5, 0.6) is 0 Å². The van der Waals surface area contributed by atoms with Gasteiger partial charge in [-0.05, 0) is 62.3 Å². The minimum Gasteiger partial charge on any atom is -0.346 e. The maximum Gasteiger partial charge on any atom is 0.287 e. The summed E-state index contributed by atoms with van der Waals surface area (Å²) < 4.78 is 0. The lowest BCUT2D eigenvalue weighted by molar-refractivity contribution is -0.147. The first-order valence-corrected chi connectivity index (χ1v) is 11.0. The molecule has 0 atom stereocenters. The van der Waals surface area contributed by atoms with Crippen LogP contribution in [0.3, 0.4) is 0 Å². The lowest BCUT2D eigenvalue weighted by Gasteiger charge is -2.55. The molecule has 2 aromatic rings. The van der Waals surface area contributed by atoms with Crippen molar-refractivity contribution < 1.29 is 14.4 Å². The van der Waals surface area contributed by atoms with Gasteiger partial charge in [0.1, 0.15) is 5.69 Å². The Kier molecular flexibility index (Phi) is 5.00. The summed E-state index contributed by atoms with van der Waals surface area (Å²) in [6, 6.07) is 11.1. The van der Waals surface area contributed by atoms with Crippen LogP contribution in [-0.4, -0.2) is 34.5 Å². The average Bonchev–Trinajstić information content (AvgIpc) is 3.26. The van der Waals surface area contributed by atoms with Crippen molar-refractivity contribution in [3.05, 3.63) is 42.1 Å². The van der Waals surface area contributed by atoms with Crippen LogP contribution in [0.15, 0.2) is 36.4 Å². The summed E-state index contributed by atoms with van der Waals surface area (Å²) in [7, 11) is 0. The van der Waals surface area contributed by atoms with Gasteiger partial charge in [-0.3, -0.25) is 30.3 Å². The van der Waals surface area contributed by atoms with Crippen LogP contribution in [-0.2, 0) is 9.59 Å². The van der Waals surface area contributed by atoms with Crippen molar-refractivity contribution in [2.45, 2.75) is 38.5 Å². The van der Waals surface area contributed by atoms with Crippen molar-refractivity contribution in [1.29, 1.82) is 0 Å². The monoisotopic (exact) mass is 421 g/mol. The Morgan fingerprint density at radius 3 is 2.26 bits per heavy atom. The molecule has 4 fully saturated rings. The fourth-order valence-electron chi connectivity index (χ4n) is 6.17. The van der Waals surface area contributed by atoms with Crippen molar-refractivity contribution in [2.24, 2.45) is 23.2 Å². The largest absolute Gasteiger partial charge is 0.346 e.